The normalized spacial score (nSPS) is 29.4. The van der Waals surface area contributed by atoms with Crippen molar-refractivity contribution in [2.45, 2.75) is 44.3 Å². The van der Waals surface area contributed by atoms with Crippen molar-refractivity contribution in [3.63, 3.8) is 0 Å². The van der Waals surface area contributed by atoms with E-state index in [0.717, 1.165) is 29.8 Å². The van der Waals surface area contributed by atoms with Crippen LogP contribution in [0.4, 0.5) is 5.69 Å². The molecule has 1 aliphatic carbocycles. The zero-order valence-electron chi connectivity index (χ0n) is 12.0. The fraction of sp³-hybridized carbons (Fsp3) is 0.625. The minimum atomic E-state index is 0.516. The standard InChI is InChI=1S/C16H22N2O2/c1-11-9-12(10-18(11)13-5-6-13)17-14-3-2-4-15-16(14)20-8-7-19-15/h2-4,11-13,17H,5-10H2,1H3/t11-,12-/m0/s1. The van der Waals surface area contributed by atoms with Crippen LogP contribution < -0.4 is 14.8 Å². The van der Waals surface area contributed by atoms with E-state index in [1.807, 2.05) is 12.1 Å². The molecule has 2 atom stereocenters. The average Bonchev–Trinajstić information content (AvgIpc) is 3.24. The SMILES string of the molecule is C[C@H]1C[C@H](Nc2cccc3c2OCCO3)CN1C1CC1. The van der Waals surface area contributed by atoms with Crippen LogP contribution >= 0.6 is 0 Å². The first-order valence-corrected chi connectivity index (χ1v) is 7.72. The third-order valence-electron chi connectivity index (χ3n) is 4.56. The van der Waals surface area contributed by atoms with Gasteiger partial charge >= 0.3 is 0 Å². The number of benzene rings is 1. The third-order valence-corrected chi connectivity index (χ3v) is 4.56. The molecule has 20 heavy (non-hydrogen) atoms. The van der Waals surface area contributed by atoms with Crippen molar-refractivity contribution in [1.29, 1.82) is 0 Å². The first kappa shape index (κ1) is 12.3. The molecular weight excluding hydrogens is 252 g/mol. The molecule has 0 aromatic heterocycles. The molecule has 1 saturated carbocycles. The Hall–Kier alpha value is -1.42. The highest BCUT2D eigenvalue weighted by atomic mass is 16.6. The number of ether oxygens (including phenoxy) is 2. The predicted octanol–water partition coefficient (Wildman–Crippen LogP) is 2.49. The summed E-state index contributed by atoms with van der Waals surface area (Å²) in [5.74, 6) is 1.75. The molecule has 1 aromatic rings. The van der Waals surface area contributed by atoms with Gasteiger partial charge in [0.2, 0.25) is 0 Å². The van der Waals surface area contributed by atoms with Gasteiger partial charge in [0.15, 0.2) is 11.5 Å². The predicted molar refractivity (Wildman–Crippen MR) is 78.6 cm³/mol. The lowest BCUT2D eigenvalue weighted by molar-refractivity contribution is 0.172. The minimum Gasteiger partial charge on any atom is -0.486 e. The number of nitrogens with one attached hydrogen (secondary N) is 1. The van der Waals surface area contributed by atoms with E-state index in [1.165, 1.54) is 19.3 Å². The van der Waals surface area contributed by atoms with Gasteiger partial charge in [0, 0.05) is 24.7 Å². The van der Waals surface area contributed by atoms with Crippen LogP contribution in [0.3, 0.4) is 0 Å². The molecule has 2 aliphatic heterocycles. The molecule has 1 aromatic carbocycles. The van der Waals surface area contributed by atoms with Crippen molar-refractivity contribution in [1.82, 2.24) is 4.90 Å². The van der Waals surface area contributed by atoms with Crippen LogP contribution in [0.15, 0.2) is 18.2 Å². The van der Waals surface area contributed by atoms with Crippen LogP contribution in [0.1, 0.15) is 26.2 Å². The van der Waals surface area contributed by atoms with Gasteiger partial charge in [0.1, 0.15) is 13.2 Å². The summed E-state index contributed by atoms with van der Waals surface area (Å²) in [5, 5.41) is 3.67. The highest BCUT2D eigenvalue weighted by Gasteiger charge is 2.38. The topological polar surface area (TPSA) is 33.7 Å². The van der Waals surface area contributed by atoms with Gasteiger partial charge in [-0.2, -0.15) is 0 Å². The largest absolute Gasteiger partial charge is 0.486 e. The molecule has 0 bridgehead atoms. The maximum atomic E-state index is 5.78. The number of para-hydroxylation sites is 1. The Morgan fingerprint density at radius 2 is 2.05 bits per heavy atom. The number of fused-ring (bicyclic) bond motifs is 1. The minimum absolute atomic E-state index is 0.516. The molecule has 4 rings (SSSR count). The lowest BCUT2D eigenvalue weighted by Gasteiger charge is -2.23. The lowest BCUT2D eigenvalue weighted by atomic mass is 10.1. The summed E-state index contributed by atoms with van der Waals surface area (Å²) >= 11 is 0. The van der Waals surface area contributed by atoms with E-state index in [0.29, 0.717) is 25.3 Å². The van der Waals surface area contributed by atoms with Crippen LogP contribution in [0.2, 0.25) is 0 Å². The second-order valence-corrected chi connectivity index (χ2v) is 6.18. The Kier molecular flexibility index (Phi) is 2.99. The van der Waals surface area contributed by atoms with Gasteiger partial charge in [0.05, 0.1) is 5.69 Å². The first-order chi connectivity index (χ1) is 9.81. The molecule has 3 aliphatic rings. The summed E-state index contributed by atoms with van der Waals surface area (Å²) < 4.78 is 11.4. The van der Waals surface area contributed by atoms with Crippen molar-refractivity contribution in [3.8, 4) is 11.5 Å². The van der Waals surface area contributed by atoms with Gasteiger partial charge in [-0.25, -0.2) is 0 Å². The maximum Gasteiger partial charge on any atom is 0.184 e. The molecule has 4 heteroatoms. The molecule has 4 nitrogen and oxygen atoms in total. The zero-order valence-corrected chi connectivity index (χ0v) is 12.0. The Labute approximate surface area is 120 Å². The molecule has 1 N–H and O–H groups in total. The highest BCUT2D eigenvalue weighted by molar-refractivity contribution is 5.64. The Morgan fingerprint density at radius 1 is 1.20 bits per heavy atom. The van der Waals surface area contributed by atoms with E-state index in [2.05, 4.69) is 23.2 Å². The van der Waals surface area contributed by atoms with E-state index in [-0.39, 0.29) is 0 Å². The van der Waals surface area contributed by atoms with Crippen molar-refractivity contribution in [3.05, 3.63) is 18.2 Å². The fourth-order valence-corrected chi connectivity index (χ4v) is 3.48. The first-order valence-electron chi connectivity index (χ1n) is 7.72. The molecule has 0 unspecified atom stereocenters. The van der Waals surface area contributed by atoms with Crippen molar-refractivity contribution < 1.29 is 9.47 Å². The molecule has 2 fully saturated rings. The molecule has 0 spiro atoms. The van der Waals surface area contributed by atoms with Crippen molar-refractivity contribution in [2.24, 2.45) is 0 Å². The molecule has 0 radical (unpaired) electrons. The summed E-state index contributed by atoms with van der Waals surface area (Å²) in [6, 6.07) is 8.17. The average molecular weight is 274 g/mol. The summed E-state index contributed by atoms with van der Waals surface area (Å²) in [4.78, 5) is 2.66. The van der Waals surface area contributed by atoms with Crippen LogP contribution in [0.25, 0.3) is 0 Å². The number of hydrogen-bond acceptors (Lipinski definition) is 4. The summed E-state index contributed by atoms with van der Waals surface area (Å²) in [6.07, 6.45) is 3.98. The maximum absolute atomic E-state index is 5.78. The monoisotopic (exact) mass is 274 g/mol. The number of hydrogen-bond donors (Lipinski definition) is 1. The van der Waals surface area contributed by atoms with E-state index < -0.39 is 0 Å². The summed E-state index contributed by atoms with van der Waals surface area (Å²) in [6.45, 7) is 4.78. The highest BCUT2D eigenvalue weighted by Crippen LogP contribution is 2.39. The van der Waals surface area contributed by atoms with Crippen molar-refractivity contribution >= 4 is 5.69 Å². The molecule has 1 saturated heterocycles. The van der Waals surface area contributed by atoms with Crippen LogP contribution in [-0.2, 0) is 0 Å². The quantitative estimate of drug-likeness (QED) is 0.918. The molecular formula is C16H22N2O2. The number of rotatable bonds is 3. The van der Waals surface area contributed by atoms with E-state index in [1.54, 1.807) is 0 Å². The Balaban J connectivity index is 1.49. The Morgan fingerprint density at radius 3 is 2.90 bits per heavy atom. The van der Waals surface area contributed by atoms with Crippen molar-refractivity contribution in [2.75, 3.05) is 25.1 Å². The molecule has 108 valence electrons. The molecule has 0 amide bonds. The summed E-state index contributed by atoms with van der Waals surface area (Å²) in [5.41, 5.74) is 1.08. The fourth-order valence-electron chi connectivity index (χ4n) is 3.48. The second kappa shape index (κ2) is 4.85. The Bertz CT molecular complexity index is 501. The van der Waals surface area contributed by atoms with Gasteiger partial charge < -0.3 is 14.8 Å². The van der Waals surface area contributed by atoms with E-state index in [4.69, 9.17) is 9.47 Å². The van der Waals surface area contributed by atoms with Gasteiger partial charge in [-0.3, -0.25) is 4.90 Å². The third kappa shape index (κ3) is 2.22. The van der Waals surface area contributed by atoms with Crippen LogP contribution in [0.5, 0.6) is 11.5 Å². The second-order valence-electron chi connectivity index (χ2n) is 6.18. The van der Waals surface area contributed by atoms with Gasteiger partial charge in [0.25, 0.3) is 0 Å². The van der Waals surface area contributed by atoms with Crippen LogP contribution in [0, 0.1) is 0 Å². The van der Waals surface area contributed by atoms with Gasteiger partial charge in [-0.1, -0.05) is 6.07 Å². The zero-order chi connectivity index (χ0) is 13.5. The number of anilines is 1. The number of likely N-dealkylation sites (tertiary alicyclic amines) is 1. The summed E-state index contributed by atoms with van der Waals surface area (Å²) in [7, 11) is 0. The smallest absolute Gasteiger partial charge is 0.184 e. The van der Waals surface area contributed by atoms with Gasteiger partial charge in [-0.15, -0.1) is 0 Å². The van der Waals surface area contributed by atoms with E-state index in [9.17, 15) is 0 Å². The number of nitrogens with zero attached hydrogens (tertiary/aromatic N) is 1. The lowest BCUT2D eigenvalue weighted by Crippen LogP contribution is -2.31. The van der Waals surface area contributed by atoms with Crippen LogP contribution in [-0.4, -0.2) is 42.8 Å². The molecule has 2 heterocycles. The van der Waals surface area contributed by atoms with Gasteiger partial charge in [-0.05, 0) is 38.3 Å². The van der Waals surface area contributed by atoms with E-state index >= 15 is 0 Å².